The second-order valence-electron chi connectivity index (χ2n) is 3.95. The van der Waals surface area contributed by atoms with Crippen LogP contribution in [0.15, 0.2) is 41.4 Å². The van der Waals surface area contributed by atoms with E-state index in [1.165, 1.54) is 6.20 Å². The highest BCUT2D eigenvalue weighted by Gasteiger charge is 2.14. The fourth-order valence-corrected chi connectivity index (χ4v) is 2.25. The smallest absolute Gasteiger partial charge is 0.146 e. The number of aromatic nitrogens is 2. The van der Waals surface area contributed by atoms with Gasteiger partial charge in [0.1, 0.15) is 5.82 Å². The Morgan fingerprint density at radius 2 is 2.17 bits per heavy atom. The van der Waals surface area contributed by atoms with E-state index in [0.29, 0.717) is 12.0 Å². The van der Waals surface area contributed by atoms with Gasteiger partial charge in [-0.1, -0.05) is 0 Å². The van der Waals surface area contributed by atoms with Crippen molar-refractivity contribution in [1.29, 1.82) is 0 Å². The molecule has 0 saturated heterocycles. The molecule has 94 valence electrons. The van der Waals surface area contributed by atoms with Crippen molar-refractivity contribution in [2.75, 3.05) is 7.05 Å². The molecule has 0 bridgehead atoms. The Kier molecular flexibility index (Phi) is 4.38. The van der Waals surface area contributed by atoms with Crippen LogP contribution >= 0.6 is 15.9 Å². The van der Waals surface area contributed by atoms with Crippen molar-refractivity contribution < 1.29 is 4.39 Å². The Morgan fingerprint density at radius 1 is 1.33 bits per heavy atom. The minimum absolute atomic E-state index is 0.0934. The molecule has 2 rings (SSSR count). The molecule has 0 aliphatic heterocycles. The summed E-state index contributed by atoms with van der Waals surface area (Å²) >= 11 is 3.38. The number of rotatable bonds is 4. The molecule has 2 aromatic heterocycles. The molecule has 0 aromatic carbocycles. The summed E-state index contributed by atoms with van der Waals surface area (Å²) in [6, 6.07) is 3.59. The summed E-state index contributed by atoms with van der Waals surface area (Å²) in [4.78, 5) is 7.87. The van der Waals surface area contributed by atoms with E-state index in [0.717, 1.165) is 10.0 Å². The van der Waals surface area contributed by atoms with Gasteiger partial charge in [0.2, 0.25) is 0 Å². The minimum atomic E-state index is -0.292. The third kappa shape index (κ3) is 3.11. The zero-order chi connectivity index (χ0) is 13.0. The van der Waals surface area contributed by atoms with Crippen molar-refractivity contribution in [3.8, 4) is 0 Å². The molecule has 2 heterocycles. The lowest BCUT2D eigenvalue weighted by Crippen LogP contribution is -2.20. The Bertz CT molecular complexity index is 533. The molecule has 0 spiro atoms. The summed E-state index contributed by atoms with van der Waals surface area (Å²) < 4.78 is 14.6. The van der Waals surface area contributed by atoms with Crippen molar-refractivity contribution in [2.24, 2.45) is 0 Å². The molecule has 5 heteroatoms. The predicted molar refractivity (Wildman–Crippen MR) is 71.6 cm³/mol. The van der Waals surface area contributed by atoms with Crippen LogP contribution in [0.2, 0.25) is 0 Å². The number of nitrogens with one attached hydrogen (secondary N) is 1. The van der Waals surface area contributed by atoms with Crippen LogP contribution < -0.4 is 5.32 Å². The summed E-state index contributed by atoms with van der Waals surface area (Å²) in [5, 5.41) is 3.12. The maximum Gasteiger partial charge on any atom is 0.146 e. The maximum atomic E-state index is 13.7. The number of pyridine rings is 2. The molecule has 2 aromatic rings. The van der Waals surface area contributed by atoms with E-state index in [-0.39, 0.29) is 11.9 Å². The average molecular weight is 310 g/mol. The van der Waals surface area contributed by atoms with Gasteiger partial charge < -0.3 is 5.32 Å². The molecule has 0 radical (unpaired) electrons. The number of nitrogens with zero attached hydrogens (tertiary/aromatic N) is 2. The zero-order valence-electron chi connectivity index (χ0n) is 9.90. The van der Waals surface area contributed by atoms with Gasteiger partial charge in [-0.25, -0.2) is 4.39 Å². The van der Waals surface area contributed by atoms with Crippen LogP contribution in [0.4, 0.5) is 4.39 Å². The van der Waals surface area contributed by atoms with E-state index in [1.807, 2.05) is 13.1 Å². The van der Waals surface area contributed by atoms with Crippen LogP contribution in [0.3, 0.4) is 0 Å². The van der Waals surface area contributed by atoms with E-state index in [9.17, 15) is 4.39 Å². The van der Waals surface area contributed by atoms with Gasteiger partial charge in [0.25, 0.3) is 0 Å². The highest BCUT2D eigenvalue weighted by atomic mass is 79.9. The molecule has 0 aliphatic carbocycles. The molecule has 18 heavy (non-hydrogen) atoms. The van der Waals surface area contributed by atoms with Gasteiger partial charge in [-0.05, 0) is 47.1 Å². The summed E-state index contributed by atoms with van der Waals surface area (Å²) in [6.07, 6.45) is 7.02. The lowest BCUT2D eigenvalue weighted by Gasteiger charge is -2.17. The normalized spacial score (nSPS) is 12.4. The van der Waals surface area contributed by atoms with Crippen molar-refractivity contribution in [2.45, 2.75) is 12.5 Å². The van der Waals surface area contributed by atoms with Gasteiger partial charge in [-0.2, -0.15) is 0 Å². The van der Waals surface area contributed by atoms with Gasteiger partial charge in [0.15, 0.2) is 0 Å². The highest BCUT2D eigenvalue weighted by molar-refractivity contribution is 9.10. The first-order valence-corrected chi connectivity index (χ1v) is 6.36. The average Bonchev–Trinajstić information content (AvgIpc) is 2.37. The van der Waals surface area contributed by atoms with E-state index in [4.69, 9.17) is 0 Å². The first-order valence-electron chi connectivity index (χ1n) is 5.57. The van der Waals surface area contributed by atoms with Crippen molar-refractivity contribution in [1.82, 2.24) is 15.3 Å². The quantitative estimate of drug-likeness (QED) is 0.943. The summed E-state index contributed by atoms with van der Waals surface area (Å²) in [5.74, 6) is -0.292. The summed E-state index contributed by atoms with van der Waals surface area (Å²) in [6.45, 7) is 0. The van der Waals surface area contributed by atoms with Crippen molar-refractivity contribution in [3.05, 3.63) is 58.3 Å². The van der Waals surface area contributed by atoms with Crippen LogP contribution in [0.25, 0.3) is 0 Å². The standard InChI is InChI=1S/C13H13BrFN3/c1-16-13(11-2-3-17-8-12(11)15)5-9-4-10(14)7-18-6-9/h2-4,6-8,13,16H,5H2,1H3. The van der Waals surface area contributed by atoms with Crippen LogP contribution in [-0.4, -0.2) is 17.0 Å². The van der Waals surface area contributed by atoms with E-state index in [1.54, 1.807) is 24.7 Å². The van der Waals surface area contributed by atoms with E-state index >= 15 is 0 Å². The largest absolute Gasteiger partial charge is 0.313 e. The second-order valence-corrected chi connectivity index (χ2v) is 4.87. The predicted octanol–water partition coefficient (Wildman–Crippen LogP) is 2.88. The van der Waals surface area contributed by atoms with E-state index < -0.39 is 0 Å². The van der Waals surface area contributed by atoms with Gasteiger partial charge in [-0.15, -0.1) is 0 Å². The van der Waals surface area contributed by atoms with Crippen LogP contribution in [0.5, 0.6) is 0 Å². The van der Waals surface area contributed by atoms with Gasteiger partial charge >= 0.3 is 0 Å². The van der Waals surface area contributed by atoms with Crippen LogP contribution in [0.1, 0.15) is 17.2 Å². The summed E-state index contributed by atoms with van der Waals surface area (Å²) in [7, 11) is 1.82. The molecule has 1 unspecified atom stereocenters. The molecule has 3 nitrogen and oxygen atoms in total. The molecule has 1 N–H and O–H groups in total. The van der Waals surface area contributed by atoms with Gasteiger partial charge in [0.05, 0.1) is 6.20 Å². The first kappa shape index (κ1) is 13.1. The molecule has 0 aliphatic rings. The third-order valence-corrected chi connectivity index (χ3v) is 3.16. The van der Waals surface area contributed by atoms with Gasteiger partial charge in [0, 0.05) is 34.7 Å². The number of hydrogen-bond acceptors (Lipinski definition) is 3. The number of halogens is 2. The third-order valence-electron chi connectivity index (χ3n) is 2.73. The minimum Gasteiger partial charge on any atom is -0.313 e. The monoisotopic (exact) mass is 309 g/mol. The molecular weight excluding hydrogens is 297 g/mol. The Balaban J connectivity index is 2.23. The number of hydrogen-bond donors (Lipinski definition) is 1. The van der Waals surface area contributed by atoms with Crippen molar-refractivity contribution in [3.63, 3.8) is 0 Å². The molecular formula is C13H13BrFN3. The molecule has 0 fully saturated rings. The molecule has 0 saturated carbocycles. The lowest BCUT2D eigenvalue weighted by molar-refractivity contribution is 0.530. The van der Waals surface area contributed by atoms with Crippen LogP contribution in [0, 0.1) is 5.82 Å². The van der Waals surface area contributed by atoms with Crippen molar-refractivity contribution >= 4 is 15.9 Å². The fraction of sp³-hybridized carbons (Fsp3) is 0.231. The topological polar surface area (TPSA) is 37.8 Å². The van der Waals surface area contributed by atoms with E-state index in [2.05, 4.69) is 31.2 Å². The number of likely N-dealkylation sites (N-methyl/N-ethyl adjacent to an activating group) is 1. The molecule has 0 amide bonds. The highest BCUT2D eigenvalue weighted by Crippen LogP contribution is 2.21. The summed E-state index contributed by atoms with van der Waals surface area (Å²) in [5.41, 5.74) is 1.66. The Hall–Kier alpha value is -1.33. The maximum absolute atomic E-state index is 13.7. The second kappa shape index (κ2) is 6.02. The molecule has 1 atom stereocenters. The Labute approximate surface area is 114 Å². The fourth-order valence-electron chi connectivity index (χ4n) is 1.84. The van der Waals surface area contributed by atoms with Gasteiger partial charge in [-0.3, -0.25) is 9.97 Å². The lowest BCUT2D eigenvalue weighted by atomic mass is 10.0. The first-order chi connectivity index (χ1) is 8.70. The Morgan fingerprint density at radius 3 is 2.83 bits per heavy atom. The van der Waals surface area contributed by atoms with Crippen LogP contribution in [-0.2, 0) is 6.42 Å². The zero-order valence-corrected chi connectivity index (χ0v) is 11.5. The SMILES string of the molecule is CNC(Cc1cncc(Br)c1)c1ccncc1F.